The number of piperidine rings is 2. The van der Waals surface area contributed by atoms with Gasteiger partial charge < -0.3 is 20.7 Å². The van der Waals surface area contributed by atoms with Crippen molar-refractivity contribution in [3.05, 3.63) is 11.1 Å². The summed E-state index contributed by atoms with van der Waals surface area (Å²) in [7, 11) is 1.70. The first-order valence-corrected chi connectivity index (χ1v) is 10.2. The topological polar surface area (TPSA) is 91.5 Å². The third-order valence-electron chi connectivity index (χ3n) is 6.46. The lowest BCUT2D eigenvalue weighted by Gasteiger charge is -2.42. The van der Waals surface area contributed by atoms with E-state index in [1.807, 2.05) is 13.8 Å². The summed E-state index contributed by atoms with van der Waals surface area (Å²) in [5.41, 5.74) is 1.68. The molecule has 0 radical (unpaired) electrons. The monoisotopic (exact) mass is 378 g/mol. The van der Waals surface area contributed by atoms with Crippen LogP contribution in [-0.2, 0) is 14.3 Å². The van der Waals surface area contributed by atoms with Crippen LogP contribution in [0.4, 0.5) is 0 Å². The van der Waals surface area contributed by atoms with E-state index in [0.717, 1.165) is 37.8 Å². The number of fused-ring (bicyclic) bond motifs is 1. The number of rotatable bonds is 5. The van der Waals surface area contributed by atoms with Crippen molar-refractivity contribution in [1.82, 2.24) is 21.3 Å². The first-order chi connectivity index (χ1) is 12.9. The van der Waals surface area contributed by atoms with Gasteiger partial charge in [0, 0.05) is 42.8 Å². The van der Waals surface area contributed by atoms with Crippen LogP contribution in [0.5, 0.6) is 0 Å². The van der Waals surface area contributed by atoms with Gasteiger partial charge in [-0.25, -0.2) is 0 Å². The van der Waals surface area contributed by atoms with Crippen molar-refractivity contribution in [3.63, 3.8) is 0 Å². The van der Waals surface area contributed by atoms with Crippen LogP contribution in [0.1, 0.15) is 52.9 Å². The van der Waals surface area contributed by atoms with Crippen LogP contribution in [0.2, 0.25) is 0 Å². The summed E-state index contributed by atoms with van der Waals surface area (Å²) in [5.74, 6) is 0.0863. The second kappa shape index (κ2) is 8.71. The van der Waals surface area contributed by atoms with Gasteiger partial charge in [0.25, 0.3) is 0 Å². The Kier molecular flexibility index (Phi) is 6.55. The van der Waals surface area contributed by atoms with Gasteiger partial charge in [0.2, 0.25) is 11.8 Å². The van der Waals surface area contributed by atoms with Gasteiger partial charge in [-0.15, -0.1) is 0 Å². The number of ether oxygens (including phenoxy) is 1. The third-order valence-corrected chi connectivity index (χ3v) is 6.46. The largest absolute Gasteiger partial charge is 0.367 e. The third kappa shape index (κ3) is 4.52. The Balaban J connectivity index is 1.62. The molecule has 2 amide bonds. The van der Waals surface area contributed by atoms with E-state index in [0.29, 0.717) is 11.6 Å². The van der Waals surface area contributed by atoms with Crippen LogP contribution in [0.3, 0.4) is 0 Å². The van der Waals surface area contributed by atoms with Gasteiger partial charge in [-0.1, -0.05) is 5.57 Å². The second-order valence-electron chi connectivity index (χ2n) is 8.26. The molecule has 0 saturated carbocycles. The standard InChI is InChI=1S/C20H34N4O3/c1-11-14(20(26)24-16-8-9-21-13(3)19(11)16)10-17(25)22-12(2)15-6-5-7-18(23-15)27-4/h12-13,15-16,18-19,21,23H,5-10H2,1-4H3,(H,22,25)(H,24,26)/t12-,13?,15?,16?,18?,19?/m1/s1. The van der Waals surface area contributed by atoms with E-state index in [1.165, 1.54) is 0 Å². The lowest BCUT2D eigenvalue weighted by Crippen LogP contribution is -2.57. The van der Waals surface area contributed by atoms with E-state index < -0.39 is 0 Å². The molecule has 2 saturated heterocycles. The van der Waals surface area contributed by atoms with E-state index in [2.05, 4.69) is 28.2 Å². The number of methoxy groups -OCH3 is 1. The van der Waals surface area contributed by atoms with Crippen molar-refractivity contribution >= 4 is 11.8 Å². The molecule has 0 aromatic heterocycles. The molecule has 27 heavy (non-hydrogen) atoms. The van der Waals surface area contributed by atoms with Crippen LogP contribution in [-0.4, -0.2) is 55.9 Å². The average molecular weight is 379 g/mol. The van der Waals surface area contributed by atoms with Crippen molar-refractivity contribution in [2.45, 2.75) is 83.3 Å². The number of carbonyl (C=O) groups is 2. The fourth-order valence-electron chi connectivity index (χ4n) is 4.89. The highest BCUT2D eigenvalue weighted by atomic mass is 16.5. The van der Waals surface area contributed by atoms with Crippen LogP contribution in [0.15, 0.2) is 11.1 Å². The molecule has 3 aliphatic rings. The predicted octanol–water partition coefficient (Wildman–Crippen LogP) is 0.809. The summed E-state index contributed by atoms with van der Waals surface area (Å²) in [6.07, 6.45) is 4.21. The SMILES string of the molecule is COC1CCCC([C@@H](C)NC(=O)CC2=C(C)C3C(C)NCCC3NC2=O)N1. The van der Waals surface area contributed by atoms with E-state index in [9.17, 15) is 9.59 Å². The molecule has 3 aliphatic heterocycles. The maximum atomic E-state index is 12.6. The van der Waals surface area contributed by atoms with Crippen molar-refractivity contribution in [3.8, 4) is 0 Å². The highest BCUT2D eigenvalue weighted by Gasteiger charge is 2.39. The van der Waals surface area contributed by atoms with Gasteiger partial charge in [-0.3, -0.25) is 14.9 Å². The normalized spacial score (nSPS) is 35.3. The number of hydrogen-bond donors (Lipinski definition) is 4. The minimum Gasteiger partial charge on any atom is -0.367 e. The van der Waals surface area contributed by atoms with E-state index in [4.69, 9.17) is 4.74 Å². The molecule has 0 aromatic rings. The van der Waals surface area contributed by atoms with Gasteiger partial charge in [0.15, 0.2) is 0 Å². The lowest BCUT2D eigenvalue weighted by molar-refractivity contribution is -0.125. The summed E-state index contributed by atoms with van der Waals surface area (Å²) in [6.45, 7) is 7.09. The molecular weight excluding hydrogens is 344 g/mol. The summed E-state index contributed by atoms with van der Waals surface area (Å²) in [5, 5.41) is 13.1. The molecule has 0 aromatic carbocycles. The number of carbonyl (C=O) groups excluding carboxylic acids is 2. The fourth-order valence-corrected chi connectivity index (χ4v) is 4.89. The molecule has 3 rings (SSSR count). The molecule has 0 spiro atoms. The highest BCUT2D eigenvalue weighted by molar-refractivity contribution is 6.00. The maximum absolute atomic E-state index is 12.6. The van der Waals surface area contributed by atoms with Crippen LogP contribution < -0.4 is 21.3 Å². The molecule has 2 fully saturated rings. The zero-order valence-corrected chi connectivity index (χ0v) is 16.9. The Hall–Kier alpha value is -1.44. The minimum atomic E-state index is -0.0942. The van der Waals surface area contributed by atoms with Crippen molar-refractivity contribution < 1.29 is 14.3 Å². The molecule has 152 valence electrons. The Morgan fingerprint density at radius 3 is 2.85 bits per heavy atom. The van der Waals surface area contributed by atoms with Crippen LogP contribution >= 0.6 is 0 Å². The molecule has 0 aliphatic carbocycles. The van der Waals surface area contributed by atoms with Crippen molar-refractivity contribution in [1.29, 1.82) is 0 Å². The number of hydrogen-bond acceptors (Lipinski definition) is 5. The Labute approximate surface area is 162 Å². The quantitative estimate of drug-likeness (QED) is 0.568. The highest BCUT2D eigenvalue weighted by Crippen LogP contribution is 2.32. The van der Waals surface area contributed by atoms with Gasteiger partial charge >= 0.3 is 0 Å². The molecule has 6 atom stereocenters. The summed E-state index contributed by atoms with van der Waals surface area (Å²) in [4.78, 5) is 25.2. The van der Waals surface area contributed by atoms with Gasteiger partial charge in [-0.2, -0.15) is 0 Å². The van der Waals surface area contributed by atoms with Gasteiger partial charge in [0.05, 0.1) is 6.42 Å². The number of nitrogens with one attached hydrogen (secondary N) is 4. The van der Waals surface area contributed by atoms with E-state index in [-0.39, 0.29) is 48.5 Å². The second-order valence-corrected chi connectivity index (χ2v) is 8.26. The molecule has 0 bridgehead atoms. The Morgan fingerprint density at radius 2 is 2.11 bits per heavy atom. The predicted molar refractivity (Wildman–Crippen MR) is 104 cm³/mol. The van der Waals surface area contributed by atoms with Crippen molar-refractivity contribution in [2.75, 3.05) is 13.7 Å². The zero-order chi connectivity index (χ0) is 19.6. The molecule has 4 N–H and O–H groups in total. The summed E-state index contributed by atoms with van der Waals surface area (Å²) < 4.78 is 5.40. The number of amides is 2. The average Bonchev–Trinajstić information content (AvgIpc) is 2.65. The molecular formula is C20H34N4O3. The maximum Gasteiger partial charge on any atom is 0.247 e. The first kappa shape index (κ1) is 20.3. The first-order valence-electron chi connectivity index (χ1n) is 10.2. The Bertz CT molecular complexity index is 606. The van der Waals surface area contributed by atoms with Crippen LogP contribution in [0, 0.1) is 5.92 Å². The van der Waals surface area contributed by atoms with Gasteiger partial charge in [-0.05, 0) is 53.0 Å². The molecule has 7 heteroatoms. The molecule has 3 heterocycles. The van der Waals surface area contributed by atoms with E-state index in [1.54, 1.807) is 7.11 Å². The molecule has 7 nitrogen and oxygen atoms in total. The lowest BCUT2D eigenvalue weighted by atomic mass is 9.76. The fraction of sp³-hybridized carbons (Fsp3) is 0.800. The van der Waals surface area contributed by atoms with E-state index >= 15 is 0 Å². The zero-order valence-electron chi connectivity index (χ0n) is 16.9. The Morgan fingerprint density at radius 1 is 1.33 bits per heavy atom. The van der Waals surface area contributed by atoms with Crippen molar-refractivity contribution in [2.24, 2.45) is 5.92 Å². The summed E-state index contributed by atoms with van der Waals surface area (Å²) >= 11 is 0. The molecule has 5 unspecified atom stereocenters. The van der Waals surface area contributed by atoms with Crippen LogP contribution in [0.25, 0.3) is 0 Å². The van der Waals surface area contributed by atoms with Gasteiger partial charge in [0.1, 0.15) is 6.23 Å². The summed E-state index contributed by atoms with van der Waals surface area (Å²) in [6, 6.07) is 0.663. The minimum absolute atomic E-state index is 0.00831. The smallest absolute Gasteiger partial charge is 0.247 e.